The fourth-order valence-electron chi connectivity index (χ4n) is 7.56. The molecule has 0 radical (unpaired) electrons. The van der Waals surface area contributed by atoms with Gasteiger partial charge in [0.15, 0.2) is 0 Å². The standard InChI is InChI=1S/C45H35O4P/c1-3-4-9-29-15-21-39-37(23-29)27-41(35-19-17-31-11-6-8-13-33(31)25-35)45-43(39)42-38-20-14-28(2)22-36(38)26-40(44(42)48-50(46,47)49-45)34-18-16-30-10-5-7-12-32(30)24-34/h5-8,10-27H,3-4,9H2,1-2H3,(H,46,47). The van der Waals surface area contributed by atoms with Crippen molar-refractivity contribution >= 4 is 50.9 Å². The first-order valence-electron chi connectivity index (χ1n) is 17.2. The first-order valence-corrected chi connectivity index (χ1v) is 18.7. The van der Waals surface area contributed by atoms with Crippen LogP contribution in [0.25, 0.3) is 76.5 Å². The van der Waals surface area contributed by atoms with Gasteiger partial charge in [0.05, 0.1) is 0 Å². The lowest BCUT2D eigenvalue weighted by atomic mass is 9.85. The molecule has 9 rings (SSSR count). The molecular weight excluding hydrogens is 635 g/mol. The summed E-state index contributed by atoms with van der Waals surface area (Å²) in [5.41, 5.74) is 7.15. The molecule has 0 amide bonds. The number of aryl methyl sites for hydroxylation is 2. The van der Waals surface area contributed by atoms with Crippen molar-refractivity contribution in [1.82, 2.24) is 0 Å². The molecule has 1 heterocycles. The Balaban J connectivity index is 1.43. The van der Waals surface area contributed by atoms with Gasteiger partial charge in [0.1, 0.15) is 11.5 Å². The second kappa shape index (κ2) is 11.9. The van der Waals surface area contributed by atoms with Crippen LogP contribution in [0.15, 0.2) is 133 Å². The molecule has 1 aliphatic heterocycles. The maximum Gasteiger partial charge on any atom is 0.584 e. The summed E-state index contributed by atoms with van der Waals surface area (Å²) in [6, 6.07) is 46.1. The van der Waals surface area contributed by atoms with E-state index in [2.05, 4.69) is 123 Å². The minimum absolute atomic E-state index is 0.341. The third-order valence-electron chi connectivity index (χ3n) is 10.0. The van der Waals surface area contributed by atoms with Crippen LogP contribution < -0.4 is 9.05 Å². The van der Waals surface area contributed by atoms with E-state index in [0.717, 1.165) is 101 Å². The Labute approximate surface area is 291 Å². The van der Waals surface area contributed by atoms with Gasteiger partial charge in [-0.2, -0.15) is 0 Å². The summed E-state index contributed by atoms with van der Waals surface area (Å²) in [5.74, 6) is 0.685. The summed E-state index contributed by atoms with van der Waals surface area (Å²) in [7, 11) is -4.68. The minimum Gasteiger partial charge on any atom is -0.394 e. The van der Waals surface area contributed by atoms with E-state index in [-0.39, 0.29) is 0 Å². The van der Waals surface area contributed by atoms with E-state index in [1.54, 1.807) is 0 Å². The van der Waals surface area contributed by atoms with Gasteiger partial charge >= 0.3 is 7.82 Å². The van der Waals surface area contributed by atoms with E-state index < -0.39 is 7.82 Å². The molecule has 0 saturated heterocycles. The highest BCUT2D eigenvalue weighted by Gasteiger charge is 2.37. The molecule has 8 aromatic carbocycles. The highest BCUT2D eigenvalue weighted by Crippen LogP contribution is 2.61. The lowest BCUT2D eigenvalue weighted by Gasteiger charge is -2.19. The molecule has 1 unspecified atom stereocenters. The fraction of sp³-hybridized carbons (Fsp3) is 0.111. The van der Waals surface area contributed by atoms with Crippen LogP contribution in [-0.2, 0) is 11.0 Å². The summed E-state index contributed by atoms with van der Waals surface area (Å²) in [4.78, 5) is 11.6. The average molecular weight is 671 g/mol. The van der Waals surface area contributed by atoms with Gasteiger partial charge in [-0.25, -0.2) is 4.57 Å². The van der Waals surface area contributed by atoms with Crippen molar-refractivity contribution in [3.8, 4) is 44.9 Å². The number of phosphoric acid groups is 1. The van der Waals surface area contributed by atoms with Crippen LogP contribution in [0.3, 0.4) is 0 Å². The van der Waals surface area contributed by atoms with Gasteiger partial charge in [-0.15, -0.1) is 0 Å². The summed E-state index contributed by atoms with van der Waals surface area (Å²) >= 11 is 0. The summed E-state index contributed by atoms with van der Waals surface area (Å²) in [6.07, 6.45) is 3.18. The van der Waals surface area contributed by atoms with Crippen molar-refractivity contribution in [3.63, 3.8) is 0 Å². The number of rotatable bonds is 5. The molecule has 0 aromatic heterocycles. The Morgan fingerprint density at radius 1 is 0.560 bits per heavy atom. The predicted octanol–water partition coefficient (Wildman–Crippen LogP) is 12.8. The highest BCUT2D eigenvalue weighted by atomic mass is 31.2. The van der Waals surface area contributed by atoms with Gasteiger partial charge in [0, 0.05) is 22.3 Å². The summed E-state index contributed by atoms with van der Waals surface area (Å²) < 4.78 is 26.7. The number of hydrogen-bond acceptors (Lipinski definition) is 3. The Morgan fingerprint density at radius 2 is 1.08 bits per heavy atom. The molecule has 50 heavy (non-hydrogen) atoms. The molecule has 5 heteroatoms. The third kappa shape index (κ3) is 5.24. The van der Waals surface area contributed by atoms with Crippen molar-refractivity contribution in [1.29, 1.82) is 0 Å². The van der Waals surface area contributed by atoms with Gasteiger partial charge in [-0.05, 0) is 104 Å². The Morgan fingerprint density at radius 3 is 1.64 bits per heavy atom. The Hall–Kier alpha value is -5.41. The molecule has 1 N–H and O–H groups in total. The molecule has 244 valence electrons. The van der Waals surface area contributed by atoms with E-state index in [1.165, 1.54) is 5.56 Å². The summed E-state index contributed by atoms with van der Waals surface area (Å²) in [5, 5.41) is 8.31. The first-order chi connectivity index (χ1) is 24.3. The monoisotopic (exact) mass is 670 g/mol. The zero-order valence-corrected chi connectivity index (χ0v) is 28.8. The smallest absolute Gasteiger partial charge is 0.394 e. The van der Waals surface area contributed by atoms with E-state index in [0.29, 0.717) is 11.5 Å². The highest BCUT2D eigenvalue weighted by molar-refractivity contribution is 7.48. The Kier molecular flexibility index (Phi) is 7.28. The molecule has 1 aliphatic rings. The second-order valence-corrected chi connectivity index (χ2v) is 14.7. The molecule has 0 aliphatic carbocycles. The maximum absolute atomic E-state index is 14.2. The number of benzene rings is 8. The molecule has 0 saturated carbocycles. The van der Waals surface area contributed by atoms with Gasteiger partial charge in [-0.3, -0.25) is 4.89 Å². The minimum atomic E-state index is -4.68. The van der Waals surface area contributed by atoms with Crippen molar-refractivity contribution in [2.45, 2.75) is 33.1 Å². The van der Waals surface area contributed by atoms with Gasteiger partial charge < -0.3 is 9.05 Å². The molecule has 0 bridgehead atoms. The van der Waals surface area contributed by atoms with Crippen LogP contribution in [0, 0.1) is 6.92 Å². The molecular formula is C45H35O4P. The lowest BCUT2D eigenvalue weighted by molar-refractivity contribution is 0.295. The van der Waals surface area contributed by atoms with Crippen molar-refractivity contribution in [2.24, 2.45) is 0 Å². The summed E-state index contributed by atoms with van der Waals surface area (Å²) in [6.45, 7) is 4.29. The predicted molar refractivity (Wildman–Crippen MR) is 207 cm³/mol. The van der Waals surface area contributed by atoms with Crippen LogP contribution in [0.5, 0.6) is 11.5 Å². The van der Waals surface area contributed by atoms with Gasteiger partial charge in [0.2, 0.25) is 0 Å². The van der Waals surface area contributed by atoms with Crippen molar-refractivity contribution < 1.29 is 18.5 Å². The molecule has 0 fully saturated rings. The van der Waals surface area contributed by atoms with E-state index in [1.807, 2.05) is 24.3 Å². The lowest BCUT2D eigenvalue weighted by Crippen LogP contribution is -2.00. The van der Waals surface area contributed by atoms with Crippen LogP contribution >= 0.6 is 7.82 Å². The van der Waals surface area contributed by atoms with Crippen molar-refractivity contribution in [2.75, 3.05) is 0 Å². The zero-order valence-electron chi connectivity index (χ0n) is 27.9. The van der Waals surface area contributed by atoms with E-state index in [4.69, 9.17) is 9.05 Å². The normalized spacial score (nSPS) is 15.4. The van der Waals surface area contributed by atoms with Crippen LogP contribution in [-0.4, -0.2) is 4.89 Å². The van der Waals surface area contributed by atoms with Crippen LogP contribution in [0.4, 0.5) is 0 Å². The average Bonchev–Trinajstić information content (AvgIpc) is 3.26. The number of unbranched alkanes of at least 4 members (excludes halogenated alkanes) is 1. The molecule has 8 aromatic rings. The SMILES string of the molecule is CCCCc1ccc2c3c(c(-c4ccc5ccccc5c4)cc2c1)OP(=O)(O)Oc1c(-c2ccc4ccccc4c2)cc2cc(C)ccc2c1-3. The molecule has 1 atom stereocenters. The van der Waals surface area contributed by atoms with Crippen LogP contribution in [0.1, 0.15) is 30.9 Å². The number of fused-ring (bicyclic) bond motifs is 9. The van der Waals surface area contributed by atoms with Gasteiger partial charge in [0.25, 0.3) is 0 Å². The zero-order chi connectivity index (χ0) is 34.0. The van der Waals surface area contributed by atoms with Gasteiger partial charge in [-0.1, -0.05) is 128 Å². The quantitative estimate of drug-likeness (QED) is 0.185. The maximum atomic E-state index is 14.2. The largest absolute Gasteiger partial charge is 0.584 e. The van der Waals surface area contributed by atoms with E-state index in [9.17, 15) is 9.46 Å². The fourth-order valence-corrected chi connectivity index (χ4v) is 8.44. The first kappa shape index (κ1) is 30.6. The van der Waals surface area contributed by atoms with Crippen molar-refractivity contribution in [3.05, 3.63) is 145 Å². The second-order valence-electron chi connectivity index (χ2n) is 13.4. The number of hydrogen-bond donors (Lipinski definition) is 1. The number of phosphoric ester groups is 1. The molecule has 0 spiro atoms. The Bertz CT molecular complexity index is 2710. The topological polar surface area (TPSA) is 55.8 Å². The van der Waals surface area contributed by atoms with Crippen LogP contribution in [0.2, 0.25) is 0 Å². The third-order valence-corrected chi connectivity index (χ3v) is 10.8. The molecule has 4 nitrogen and oxygen atoms in total. The van der Waals surface area contributed by atoms with E-state index >= 15 is 0 Å².